The molecule has 1 aromatic rings. The second-order valence-electron chi connectivity index (χ2n) is 5.32. The van der Waals surface area contributed by atoms with Gasteiger partial charge in [-0.3, -0.25) is 0 Å². The Morgan fingerprint density at radius 1 is 1.40 bits per heavy atom. The van der Waals surface area contributed by atoms with Crippen LogP contribution in [0.5, 0.6) is 0 Å². The van der Waals surface area contributed by atoms with Crippen molar-refractivity contribution in [2.24, 2.45) is 5.73 Å². The Kier molecular flexibility index (Phi) is 5.71. The van der Waals surface area contributed by atoms with Crippen LogP contribution in [0.3, 0.4) is 0 Å². The average Bonchev–Trinajstić information content (AvgIpc) is 2.29. The topological polar surface area (TPSA) is 72.2 Å². The van der Waals surface area contributed by atoms with Gasteiger partial charge in [0.15, 0.2) is 0 Å². The number of rotatable bonds is 6. The van der Waals surface area contributed by atoms with E-state index in [4.69, 9.17) is 5.73 Å². The Balaban J connectivity index is 3.26. The molecule has 0 heterocycles. The van der Waals surface area contributed by atoms with E-state index in [1.165, 1.54) is 12.1 Å². The van der Waals surface area contributed by atoms with Crippen LogP contribution in [0.4, 0.5) is 4.39 Å². The molecule has 4 nitrogen and oxygen atoms in total. The van der Waals surface area contributed by atoms with Gasteiger partial charge in [-0.15, -0.1) is 0 Å². The number of nitrogens with two attached hydrogens (primary N) is 1. The zero-order chi connectivity index (χ0) is 15.6. The van der Waals surface area contributed by atoms with Crippen LogP contribution in [0, 0.1) is 5.82 Å². The van der Waals surface area contributed by atoms with Gasteiger partial charge in [0.05, 0.1) is 0 Å². The molecular weight excluding hydrogens is 347 g/mol. The molecule has 0 aromatic heterocycles. The van der Waals surface area contributed by atoms with Crippen molar-refractivity contribution >= 4 is 26.0 Å². The summed E-state index contributed by atoms with van der Waals surface area (Å²) in [6.45, 7) is 5.44. The van der Waals surface area contributed by atoms with E-state index in [9.17, 15) is 12.8 Å². The van der Waals surface area contributed by atoms with E-state index in [1.807, 2.05) is 6.92 Å². The molecule has 114 valence electrons. The minimum atomic E-state index is -3.94. The van der Waals surface area contributed by atoms with Crippen LogP contribution >= 0.6 is 15.9 Å². The highest BCUT2D eigenvalue weighted by Crippen LogP contribution is 2.25. The third-order valence-electron chi connectivity index (χ3n) is 2.87. The van der Waals surface area contributed by atoms with Crippen molar-refractivity contribution in [2.45, 2.75) is 50.6 Å². The minimum Gasteiger partial charge on any atom is -0.326 e. The first-order valence-electron chi connectivity index (χ1n) is 6.35. The van der Waals surface area contributed by atoms with Crippen LogP contribution in [0.25, 0.3) is 0 Å². The summed E-state index contributed by atoms with van der Waals surface area (Å²) in [5.41, 5.74) is 4.96. The maximum absolute atomic E-state index is 14.2. The molecule has 20 heavy (non-hydrogen) atoms. The van der Waals surface area contributed by atoms with Gasteiger partial charge in [0.2, 0.25) is 10.0 Å². The van der Waals surface area contributed by atoms with E-state index in [-0.39, 0.29) is 17.0 Å². The molecule has 3 N–H and O–H groups in total. The van der Waals surface area contributed by atoms with Crippen molar-refractivity contribution < 1.29 is 12.8 Å². The lowest BCUT2D eigenvalue weighted by molar-refractivity contribution is 0.416. The van der Waals surface area contributed by atoms with Crippen LogP contribution < -0.4 is 10.5 Å². The normalized spacial score (nSPS) is 12.7. The molecule has 0 unspecified atom stereocenters. The van der Waals surface area contributed by atoms with Gasteiger partial charge in [-0.2, -0.15) is 0 Å². The van der Waals surface area contributed by atoms with E-state index in [2.05, 4.69) is 20.7 Å². The first-order valence-corrected chi connectivity index (χ1v) is 8.62. The summed E-state index contributed by atoms with van der Waals surface area (Å²) in [7, 11) is -3.94. The van der Waals surface area contributed by atoms with Crippen molar-refractivity contribution in [3.8, 4) is 0 Å². The van der Waals surface area contributed by atoms with E-state index >= 15 is 0 Å². The zero-order valence-electron chi connectivity index (χ0n) is 11.8. The van der Waals surface area contributed by atoms with Gasteiger partial charge in [-0.05, 0) is 32.4 Å². The van der Waals surface area contributed by atoms with Gasteiger partial charge in [-0.25, -0.2) is 17.5 Å². The van der Waals surface area contributed by atoms with Gasteiger partial charge < -0.3 is 5.73 Å². The largest absolute Gasteiger partial charge is 0.326 e. The molecule has 0 saturated carbocycles. The maximum atomic E-state index is 14.2. The second kappa shape index (κ2) is 6.51. The van der Waals surface area contributed by atoms with Crippen LogP contribution in [-0.2, 0) is 16.6 Å². The lowest BCUT2D eigenvalue weighted by Gasteiger charge is -2.25. The van der Waals surface area contributed by atoms with E-state index in [0.29, 0.717) is 10.9 Å². The van der Waals surface area contributed by atoms with Crippen molar-refractivity contribution in [2.75, 3.05) is 0 Å². The van der Waals surface area contributed by atoms with E-state index in [1.54, 1.807) is 13.8 Å². The fraction of sp³-hybridized carbons (Fsp3) is 0.538. The van der Waals surface area contributed by atoms with Crippen molar-refractivity contribution in [1.82, 2.24) is 4.72 Å². The molecule has 7 heteroatoms. The molecule has 0 fully saturated rings. The van der Waals surface area contributed by atoms with Crippen LogP contribution in [-0.4, -0.2) is 14.0 Å². The molecule has 1 rings (SSSR count). The predicted octanol–water partition coefficient (Wildman–Crippen LogP) is 2.90. The third-order valence-corrected chi connectivity index (χ3v) is 5.03. The van der Waals surface area contributed by atoms with Crippen molar-refractivity contribution in [3.05, 3.63) is 28.0 Å². The molecular formula is C13H20BrFN2O2S. The maximum Gasteiger partial charge on any atom is 0.244 e. The molecule has 0 atom stereocenters. The Hall–Kier alpha value is -0.500. The summed E-state index contributed by atoms with van der Waals surface area (Å²) >= 11 is 3.18. The molecule has 0 aliphatic heterocycles. The lowest BCUT2D eigenvalue weighted by Crippen LogP contribution is -2.43. The van der Waals surface area contributed by atoms with Gasteiger partial charge in [0, 0.05) is 22.1 Å². The van der Waals surface area contributed by atoms with Crippen LogP contribution in [0.1, 0.15) is 39.2 Å². The molecule has 0 amide bonds. The molecule has 0 saturated heterocycles. The standard InChI is InChI=1S/C13H20BrFN2O2S/c1-4-5-13(2,3)17-20(18,19)11-7-10(14)6-9(8-16)12(11)15/h6-7,17H,4-5,8,16H2,1-3H3. The van der Waals surface area contributed by atoms with Crippen LogP contribution in [0.2, 0.25) is 0 Å². The fourth-order valence-corrected chi connectivity index (χ4v) is 4.30. The number of benzene rings is 1. The second-order valence-corrected chi connectivity index (χ2v) is 7.89. The monoisotopic (exact) mass is 366 g/mol. The summed E-state index contributed by atoms with van der Waals surface area (Å²) in [5.74, 6) is -0.796. The number of sulfonamides is 1. The highest BCUT2D eigenvalue weighted by atomic mass is 79.9. The van der Waals surface area contributed by atoms with Crippen molar-refractivity contribution in [3.63, 3.8) is 0 Å². The number of nitrogens with one attached hydrogen (secondary N) is 1. The molecule has 0 spiro atoms. The fourth-order valence-electron chi connectivity index (χ4n) is 2.06. The molecule has 0 aliphatic carbocycles. The quantitative estimate of drug-likeness (QED) is 0.812. The van der Waals surface area contributed by atoms with E-state index < -0.39 is 21.4 Å². The predicted molar refractivity (Wildman–Crippen MR) is 81.3 cm³/mol. The van der Waals surface area contributed by atoms with Gasteiger partial charge >= 0.3 is 0 Å². The molecule has 0 bridgehead atoms. The number of halogens is 2. The molecule has 0 radical (unpaired) electrons. The Labute approximate surface area is 128 Å². The van der Waals surface area contributed by atoms with Gasteiger partial charge in [0.1, 0.15) is 10.7 Å². The van der Waals surface area contributed by atoms with Gasteiger partial charge in [0.25, 0.3) is 0 Å². The smallest absolute Gasteiger partial charge is 0.244 e. The summed E-state index contributed by atoms with van der Waals surface area (Å²) in [4.78, 5) is -0.378. The summed E-state index contributed by atoms with van der Waals surface area (Å²) in [6, 6.07) is 2.73. The third kappa shape index (κ3) is 4.25. The zero-order valence-corrected chi connectivity index (χ0v) is 14.2. The SMILES string of the molecule is CCCC(C)(C)NS(=O)(=O)c1cc(Br)cc(CN)c1F. The summed E-state index contributed by atoms with van der Waals surface area (Å²) in [5, 5.41) is 0. The van der Waals surface area contributed by atoms with Gasteiger partial charge in [-0.1, -0.05) is 29.3 Å². The summed E-state index contributed by atoms with van der Waals surface area (Å²) in [6.07, 6.45) is 1.48. The highest BCUT2D eigenvalue weighted by Gasteiger charge is 2.28. The average molecular weight is 367 g/mol. The Morgan fingerprint density at radius 3 is 2.50 bits per heavy atom. The number of hydrogen-bond acceptors (Lipinski definition) is 3. The Morgan fingerprint density at radius 2 is 2.00 bits per heavy atom. The lowest BCUT2D eigenvalue weighted by atomic mass is 10.0. The van der Waals surface area contributed by atoms with Crippen LogP contribution in [0.15, 0.2) is 21.5 Å². The Bertz CT molecular complexity index is 588. The van der Waals surface area contributed by atoms with E-state index in [0.717, 1.165) is 6.42 Å². The first kappa shape index (κ1) is 17.6. The molecule has 0 aliphatic rings. The molecule has 1 aromatic carbocycles. The first-order chi connectivity index (χ1) is 9.13. The summed E-state index contributed by atoms with van der Waals surface area (Å²) < 4.78 is 41.9. The number of hydrogen-bond donors (Lipinski definition) is 2. The van der Waals surface area contributed by atoms with Crippen molar-refractivity contribution in [1.29, 1.82) is 0 Å². The highest BCUT2D eigenvalue weighted by molar-refractivity contribution is 9.10. The minimum absolute atomic E-state index is 0.0633.